The van der Waals surface area contributed by atoms with Gasteiger partial charge in [0.1, 0.15) is 6.54 Å². The lowest BCUT2D eigenvalue weighted by Gasteiger charge is -2.06. The number of nitrogens with one attached hydrogen (secondary N) is 1. The van der Waals surface area contributed by atoms with Crippen LogP contribution < -0.4 is 5.32 Å². The van der Waals surface area contributed by atoms with Crippen LogP contribution in [0.15, 0.2) is 42.7 Å². The Labute approximate surface area is 104 Å². The van der Waals surface area contributed by atoms with Crippen LogP contribution in [0.25, 0.3) is 0 Å². The summed E-state index contributed by atoms with van der Waals surface area (Å²) in [5.74, 6) is -0.211. The van der Waals surface area contributed by atoms with Crippen LogP contribution in [0.1, 0.15) is 17.3 Å². The molecular formula is C13H13N3O2. The molecule has 0 saturated heterocycles. The van der Waals surface area contributed by atoms with E-state index in [-0.39, 0.29) is 18.2 Å². The van der Waals surface area contributed by atoms with Crippen molar-refractivity contribution in [2.24, 2.45) is 0 Å². The number of ketones is 1. The van der Waals surface area contributed by atoms with Crippen LogP contribution in [0, 0.1) is 0 Å². The molecule has 0 bridgehead atoms. The Kier molecular flexibility index (Phi) is 3.52. The molecule has 0 unspecified atom stereocenters. The molecule has 0 atom stereocenters. The summed E-state index contributed by atoms with van der Waals surface area (Å²) in [6.07, 6.45) is 3.33. The minimum absolute atomic E-state index is 0.0295. The number of rotatable bonds is 4. The maximum Gasteiger partial charge on any atom is 0.246 e. The van der Waals surface area contributed by atoms with Gasteiger partial charge in [-0.15, -0.1) is 0 Å². The summed E-state index contributed by atoms with van der Waals surface area (Å²) < 4.78 is 1.53. The maximum absolute atomic E-state index is 11.7. The van der Waals surface area contributed by atoms with Crippen molar-refractivity contribution in [1.29, 1.82) is 0 Å². The van der Waals surface area contributed by atoms with Gasteiger partial charge in [-0.2, -0.15) is 5.10 Å². The fourth-order valence-electron chi connectivity index (χ4n) is 1.56. The number of nitrogens with zero attached hydrogens (tertiary/aromatic N) is 2. The Morgan fingerprint density at radius 2 is 2.17 bits per heavy atom. The molecule has 0 aliphatic heterocycles. The van der Waals surface area contributed by atoms with Crippen molar-refractivity contribution in [2.75, 3.05) is 5.32 Å². The molecule has 0 aliphatic rings. The lowest BCUT2D eigenvalue weighted by atomic mass is 10.1. The first kappa shape index (κ1) is 12.0. The summed E-state index contributed by atoms with van der Waals surface area (Å²) in [5.41, 5.74) is 1.19. The second-order valence-corrected chi connectivity index (χ2v) is 3.89. The molecule has 0 aliphatic carbocycles. The molecule has 0 fully saturated rings. The van der Waals surface area contributed by atoms with E-state index in [1.54, 1.807) is 42.7 Å². The summed E-state index contributed by atoms with van der Waals surface area (Å²) in [6.45, 7) is 1.64. The van der Waals surface area contributed by atoms with E-state index in [9.17, 15) is 9.59 Å². The maximum atomic E-state index is 11.7. The van der Waals surface area contributed by atoms with Gasteiger partial charge in [-0.3, -0.25) is 14.3 Å². The van der Waals surface area contributed by atoms with Crippen LogP contribution in [0.5, 0.6) is 0 Å². The van der Waals surface area contributed by atoms with Crippen molar-refractivity contribution in [1.82, 2.24) is 9.78 Å². The second-order valence-electron chi connectivity index (χ2n) is 3.89. The van der Waals surface area contributed by atoms with Crippen molar-refractivity contribution < 1.29 is 9.59 Å². The van der Waals surface area contributed by atoms with Crippen LogP contribution in [-0.2, 0) is 11.3 Å². The van der Waals surface area contributed by atoms with Crippen molar-refractivity contribution in [3.05, 3.63) is 48.3 Å². The minimum Gasteiger partial charge on any atom is -0.324 e. The van der Waals surface area contributed by atoms with Gasteiger partial charge in [0.2, 0.25) is 5.91 Å². The molecule has 2 aromatic rings. The minimum atomic E-state index is -0.181. The number of carbonyl (C=O) groups is 2. The van der Waals surface area contributed by atoms with E-state index in [0.29, 0.717) is 11.3 Å². The lowest BCUT2D eigenvalue weighted by molar-refractivity contribution is -0.116. The van der Waals surface area contributed by atoms with E-state index < -0.39 is 0 Å². The molecule has 1 N–H and O–H groups in total. The molecule has 1 aromatic carbocycles. The average Bonchev–Trinajstić information content (AvgIpc) is 2.82. The molecule has 0 saturated carbocycles. The SMILES string of the molecule is CC(=O)c1cccc(NC(=O)Cn2cccn2)c1. The standard InChI is InChI=1S/C13H13N3O2/c1-10(17)11-4-2-5-12(8-11)15-13(18)9-16-7-3-6-14-16/h2-8H,9H2,1H3,(H,15,18). The Morgan fingerprint density at radius 3 is 2.83 bits per heavy atom. The van der Waals surface area contributed by atoms with Gasteiger partial charge in [0.25, 0.3) is 0 Å². The molecule has 1 heterocycles. The number of carbonyl (C=O) groups excluding carboxylic acids is 2. The highest BCUT2D eigenvalue weighted by molar-refractivity contribution is 5.97. The lowest BCUT2D eigenvalue weighted by Crippen LogP contribution is -2.19. The highest BCUT2D eigenvalue weighted by Crippen LogP contribution is 2.11. The van der Waals surface area contributed by atoms with Crippen molar-refractivity contribution in [2.45, 2.75) is 13.5 Å². The number of hydrogen-bond donors (Lipinski definition) is 1. The van der Waals surface area contributed by atoms with E-state index in [4.69, 9.17) is 0 Å². The zero-order valence-corrected chi connectivity index (χ0v) is 9.96. The highest BCUT2D eigenvalue weighted by atomic mass is 16.2. The normalized spacial score (nSPS) is 10.1. The zero-order valence-electron chi connectivity index (χ0n) is 9.96. The molecule has 0 radical (unpaired) electrons. The van der Waals surface area contributed by atoms with E-state index >= 15 is 0 Å². The Morgan fingerprint density at radius 1 is 1.33 bits per heavy atom. The predicted molar refractivity (Wildman–Crippen MR) is 67.3 cm³/mol. The second kappa shape index (κ2) is 5.27. The number of aromatic nitrogens is 2. The number of benzene rings is 1. The first-order valence-electron chi connectivity index (χ1n) is 5.53. The molecule has 2 rings (SSSR count). The fraction of sp³-hybridized carbons (Fsp3) is 0.154. The number of amides is 1. The Bertz CT molecular complexity index is 561. The molecule has 1 amide bonds. The summed E-state index contributed by atoms with van der Waals surface area (Å²) >= 11 is 0. The van der Waals surface area contributed by atoms with E-state index in [0.717, 1.165) is 0 Å². The van der Waals surface area contributed by atoms with Crippen molar-refractivity contribution in [3.63, 3.8) is 0 Å². The molecule has 1 aromatic heterocycles. The molecule has 92 valence electrons. The van der Waals surface area contributed by atoms with Gasteiger partial charge in [-0.05, 0) is 25.1 Å². The van der Waals surface area contributed by atoms with Gasteiger partial charge in [0.05, 0.1) is 0 Å². The van der Waals surface area contributed by atoms with E-state index in [1.807, 2.05) is 0 Å². The number of Topliss-reactive ketones (excluding diaryl/α,β-unsaturated/α-hetero) is 1. The third kappa shape index (κ3) is 3.04. The summed E-state index contributed by atoms with van der Waals surface area (Å²) in [7, 11) is 0. The average molecular weight is 243 g/mol. The van der Waals surface area contributed by atoms with Crippen LogP contribution in [-0.4, -0.2) is 21.5 Å². The van der Waals surface area contributed by atoms with Crippen molar-refractivity contribution in [3.8, 4) is 0 Å². The third-order valence-electron chi connectivity index (χ3n) is 2.42. The van der Waals surface area contributed by atoms with Crippen LogP contribution in [0.3, 0.4) is 0 Å². The summed E-state index contributed by atoms with van der Waals surface area (Å²) in [5, 5.41) is 6.67. The van der Waals surface area contributed by atoms with Crippen LogP contribution >= 0.6 is 0 Å². The monoisotopic (exact) mass is 243 g/mol. The molecule has 5 heteroatoms. The van der Waals surface area contributed by atoms with Gasteiger partial charge in [-0.1, -0.05) is 12.1 Å². The fourth-order valence-corrected chi connectivity index (χ4v) is 1.56. The number of hydrogen-bond acceptors (Lipinski definition) is 3. The number of anilines is 1. The largest absolute Gasteiger partial charge is 0.324 e. The van der Waals surface area contributed by atoms with Gasteiger partial charge in [0, 0.05) is 23.6 Å². The summed E-state index contributed by atoms with van der Waals surface area (Å²) in [6, 6.07) is 8.60. The quantitative estimate of drug-likeness (QED) is 0.832. The topological polar surface area (TPSA) is 64.0 Å². The van der Waals surface area contributed by atoms with Gasteiger partial charge in [0.15, 0.2) is 5.78 Å². The first-order valence-corrected chi connectivity index (χ1v) is 5.53. The zero-order chi connectivity index (χ0) is 13.0. The van der Waals surface area contributed by atoms with Crippen LogP contribution in [0.2, 0.25) is 0 Å². The van der Waals surface area contributed by atoms with Gasteiger partial charge in [-0.25, -0.2) is 0 Å². The Hall–Kier alpha value is -2.43. The molecule has 5 nitrogen and oxygen atoms in total. The Balaban J connectivity index is 2.03. The first-order chi connectivity index (χ1) is 8.65. The van der Waals surface area contributed by atoms with E-state index in [2.05, 4.69) is 10.4 Å². The van der Waals surface area contributed by atoms with Gasteiger partial charge < -0.3 is 5.32 Å². The van der Waals surface area contributed by atoms with Crippen LogP contribution in [0.4, 0.5) is 5.69 Å². The molecule has 0 spiro atoms. The van der Waals surface area contributed by atoms with Gasteiger partial charge >= 0.3 is 0 Å². The smallest absolute Gasteiger partial charge is 0.246 e. The van der Waals surface area contributed by atoms with E-state index in [1.165, 1.54) is 11.6 Å². The predicted octanol–water partition coefficient (Wildman–Crippen LogP) is 1.72. The highest BCUT2D eigenvalue weighted by Gasteiger charge is 2.05. The third-order valence-corrected chi connectivity index (χ3v) is 2.42. The van der Waals surface area contributed by atoms with Crippen molar-refractivity contribution >= 4 is 17.4 Å². The molecule has 18 heavy (non-hydrogen) atoms. The summed E-state index contributed by atoms with van der Waals surface area (Å²) in [4.78, 5) is 22.9. The molecular weight excluding hydrogens is 230 g/mol.